The summed E-state index contributed by atoms with van der Waals surface area (Å²) in [6.45, 7) is 7.84. The first-order valence-electron chi connectivity index (χ1n) is 7.58. The van der Waals surface area contributed by atoms with Crippen LogP contribution in [0.5, 0.6) is 0 Å². The van der Waals surface area contributed by atoms with Crippen LogP contribution in [0.2, 0.25) is 0 Å². The lowest BCUT2D eigenvalue weighted by Crippen LogP contribution is -2.34. The van der Waals surface area contributed by atoms with E-state index in [-0.39, 0.29) is 0 Å². The monoisotopic (exact) mass is 295 g/mol. The maximum Gasteiger partial charge on any atom is 0.563 e. The Morgan fingerprint density at radius 3 is 2.82 bits per heavy atom. The molecule has 112 valence electrons. The molecule has 2 aliphatic rings. The summed E-state index contributed by atoms with van der Waals surface area (Å²) in [5.41, 5.74) is 1.40. The van der Waals surface area contributed by atoms with Gasteiger partial charge in [0.25, 0.3) is 0 Å². The molecule has 1 aliphatic carbocycles. The zero-order valence-corrected chi connectivity index (χ0v) is 12.8. The summed E-state index contributed by atoms with van der Waals surface area (Å²) in [6.07, 6.45) is 4.00. The SMILES string of the molecule is C=C1OB(c2ccc3ncnc(NC4CC4)c3c2)OC1(C)C. The summed E-state index contributed by atoms with van der Waals surface area (Å²) in [4.78, 5) is 8.71. The van der Waals surface area contributed by atoms with Crippen molar-refractivity contribution in [3.8, 4) is 0 Å². The Morgan fingerprint density at radius 1 is 1.32 bits per heavy atom. The molecular formula is C16H18BN3O2. The van der Waals surface area contributed by atoms with Gasteiger partial charge < -0.3 is 14.6 Å². The van der Waals surface area contributed by atoms with Gasteiger partial charge in [0, 0.05) is 11.4 Å². The molecule has 2 aromatic rings. The third-order valence-corrected chi connectivity index (χ3v) is 4.17. The highest BCUT2D eigenvalue weighted by Gasteiger charge is 2.42. The summed E-state index contributed by atoms with van der Waals surface area (Å²) in [5.74, 6) is 1.53. The maximum absolute atomic E-state index is 5.95. The second-order valence-electron chi connectivity index (χ2n) is 6.42. The van der Waals surface area contributed by atoms with Gasteiger partial charge >= 0.3 is 7.12 Å². The van der Waals surface area contributed by atoms with Gasteiger partial charge in [-0.15, -0.1) is 0 Å². The van der Waals surface area contributed by atoms with Crippen molar-refractivity contribution in [2.45, 2.75) is 38.3 Å². The van der Waals surface area contributed by atoms with Crippen molar-refractivity contribution in [3.05, 3.63) is 36.9 Å². The fourth-order valence-electron chi connectivity index (χ4n) is 2.52. The predicted octanol–water partition coefficient (Wildman–Crippen LogP) is 2.24. The molecule has 0 amide bonds. The van der Waals surface area contributed by atoms with Gasteiger partial charge in [-0.05, 0) is 44.3 Å². The van der Waals surface area contributed by atoms with Crippen LogP contribution in [0.1, 0.15) is 26.7 Å². The number of fused-ring (bicyclic) bond motifs is 1. The minimum atomic E-state index is -0.470. The standard InChI is InChI=1S/C16H18BN3O2/c1-10-16(2,3)22-17(21-10)11-4-7-14-13(8-11)15(19-9-18-14)20-12-5-6-12/h4,7-9,12H,1,5-6H2,2-3H3,(H,18,19,20). The average Bonchev–Trinajstić information content (AvgIpc) is 3.25. The normalized spacial score (nSPS) is 20.3. The lowest BCUT2D eigenvalue weighted by atomic mass is 9.78. The minimum absolute atomic E-state index is 0.430. The van der Waals surface area contributed by atoms with Crippen LogP contribution in [0, 0.1) is 0 Å². The molecule has 5 nitrogen and oxygen atoms in total. The molecule has 1 aromatic carbocycles. The van der Waals surface area contributed by atoms with Crippen LogP contribution in [-0.2, 0) is 9.31 Å². The summed E-state index contributed by atoms with van der Waals surface area (Å²) >= 11 is 0. The Hall–Kier alpha value is -2.08. The van der Waals surface area contributed by atoms with Gasteiger partial charge in [-0.2, -0.15) is 0 Å². The van der Waals surface area contributed by atoms with Crippen LogP contribution >= 0.6 is 0 Å². The van der Waals surface area contributed by atoms with Crippen molar-refractivity contribution in [2.24, 2.45) is 0 Å². The van der Waals surface area contributed by atoms with Gasteiger partial charge in [-0.3, -0.25) is 0 Å². The van der Waals surface area contributed by atoms with Gasteiger partial charge in [0.05, 0.1) is 11.3 Å². The Kier molecular flexibility index (Phi) is 2.91. The van der Waals surface area contributed by atoms with E-state index in [1.54, 1.807) is 6.33 Å². The molecule has 1 aromatic heterocycles. The first kappa shape index (κ1) is 13.6. The molecule has 22 heavy (non-hydrogen) atoms. The molecule has 1 N–H and O–H groups in total. The molecule has 2 heterocycles. The van der Waals surface area contributed by atoms with Crippen molar-refractivity contribution in [1.82, 2.24) is 9.97 Å². The lowest BCUT2D eigenvalue weighted by molar-refractivity contribution is 0.173. The Balaban J connectivity index is 1.72. The van der Waals surface area contributed by atoms with E-state index in [0.29, 0.717) is 11.8 Å². The van der Waals surface area contributed by atoms with Crippen molar-refractivity contribution in [3.63, 3.8) is 0 Å². The van der Waals surface area contributed by atoms with E-state index < -0.39 is 12.7 Å². The fraction of sp³-hybridized carbons (Fsp3) is 0.375. The predicted molar refractivity (Wildman–Crippen MR) is 87.0 cm³/mol. The van der Waals surface area contributed by atoms with Gasteiger partial charge in [-0.1, -0.05) is 12.6 Å². The number of hydrogen-bond acceptors (Lipinski definition) is 5. The molecule has 6 heteroatoms. The first-order valence-corrected chi connectivity index (χ1v) is 7.58. The van der Waals surface area contributed by atoms with Crippen molar-refractivity contribution >= 4 is 29.3 Å². The van der Waals surface area contributed by atoms with E-state index in [0.717, 1.165) is 22.2 Å². The number of aromatic nitrogens is 2. The van der Waals surface area contributed by atoms with Gasteiger partial charge in [-0.25, -0.2) is 9.97 Å². The summed E-state index contributed by atoms with van der Waals surface area (Å²) in [6, 6.07) is 6.54. The molecule has 0 unspecified atom stereocenters. The molecule has 0 radical (unpaired) electrons. The zero-order chi connectivity index (χ0) is 15.3. The summed E-state index contributed by atoms with van der Waals surface area (Å²) in [5, 5.41) is 4.45. The molecule has 4 rings (SSSR count). The Morgan fingerprint density at radius 2 is 2.14 bits per heavy atom. The third-order valence-electron chi connectivity index (χ3n) is 4.17. The van der Waals surface area contributed by atoms with Crippen LogP contribution in [0.3, 0.4) is 0 Å². The molecule has 0 bridgehead atoms. The summed E-state index contributed by atoms with van der Waals surface area (Å²) in [7, 11) is -0.430. The van der Waals surface area contributed by atoms with E-state index >= 15 is 0 Å². The highest BCUT2D eigenvalue weighted by molar-refractivity contribution is 6.62. The van der Waals surface area contributed by atoms with Gasteiger partial charge in [0.1, 0.15) is 17.7 Å². The second-order valence-corrected chi connectivity index (χ2v) is 6.42. The number of anilines is 1. The number of rotatable bonds is 3. The largest absolute Gasteiger partial charge is 0.563 e. The number of hydrogen-bond donors (Lipinski definition) is 1. The molecule has 0 spiro atoms. The van der Waals surface area contributed by atoms with Gasteiger partial charge in [0.15, 0.2) is 0 Å². The first-order chi connectivity index (χ1) is 10.5. The van der Waals surface area contributed by atoms with E-state index in [1.807, 2.05) is 32.0 Å². The number of nitrogens with zero attached hydrogens (tertiary/aromatic N) is 2. The summed E-state index contributed by atoms with van der Waals surface area (Å²) < 4.78 is 11.7. The van der Waals surface area contributed by atoms with E-state index in [9.17, 15) is 0 Å². The van der Waals surface area contributed by atoms with Gasteiger partial charge in [0.2, 0.25) is 0 Å². The number of nitrogens with one attached hydrogen (secondary N) is 1. The average molecular weight is 295 g/mol. The smallest absolute Gasteiger partial charge is 0.534 e. The van der Waals surface area contributed by atoms with Crippen LogP contribution < -0.4 is 10.8 Å². The molecule has 1 saturated carbocycles. The quantitative estimate of drug-likeness (QED) is 0.880. The maximum atomic E-state index is 5.95. The molecule has 1 saturated heterocycles. The van der Waals surface area contributed by atoms with Crippen molar-refractivity contribution < 1.29 is 9.31 Å². The van der Waals surface area contributed by atoms with E-state index in [4.69, 9.17) is 9.31 Å². The molecule has 2 fully saturated rings. The highest BCUT2D eigenvalue weighted by atomic mass is 16.7. The highest BCUT2D eigenvalue weighted by Crippen LogP contribution is 2.30. The van der Waals surface area contributed by atoms with Crippen LogP contribution in [0.15, 0.2) is 36.9 Å². The van der Waals surface area contributed by atoms with Crippen LogP contribution in [-0.4, -0.2) is 28.7 Å². The molecule has 1 aliphatic heterocycles. The second kappa shape index (κ2) is 4.71. The topological polar surface area (TPSA) is 56.3 Å². The van der Waals surface area contributed by atoms with Crippen LogP contribution in [0.25, 0.3) is 10.9 Å². The molecular weight excluding hydrogens is 277 g/mol. The van der Waals surface area contributed by atoms with Crippen molar-refractivity contribution in [1.29, 1.82) is 0 Å². The number of benzene rings is 1. The fourth-order valence-corrected chi connectivity index (χ4v) is 2.52. The Bertz CT molecular complexity index is 758. The van der Waals surface area contributed by atoms with E-state index in [1.165, 1.54) is 12.8 Å². The molecule has 0 atom stereocenters. The third kappa shape index (κ3) is 2.33. The minimum Gasteiger partial charge on any atom is -0.534 e. The Labute approximate surface area is 129 Å². The van der Waals surface area contributed by atoms with E-state index in [2.05, 4.69) is 21.9 Å². The van der Waals surface area contributed by atoms with Crippen molar-refractivity contribution in [2.75, 3.05) is 5.32 Å². The van der Waals surface area contributed by atoms with Crippen LogP contribution in [0.4, 0.5) is 5.82 Å². The zero-order valence-electron chi connectivity index (χ0n) is 12.8. The lowest BCUT2D eigenvalue weighted by Gasteiger charge is -2.15.